The fourth-order valence-electron chi connectivity index (χ4n) is 3.19. The summed E-state index contributed by atoms with van der Waals surface area (Å²) in [5.41, 5.74) is 7.15. The molecule has 0 atom stereocenters. The molecule has 2 aromatic rings. The zero-order chi connectivity index (χ0) is 13.2. The lowest BCUT2D eigenvalue weighted by Gasteiger charge is -2.13. The zero-order valence-corrected chi connectivity index (χ0v) is 12.1. The van der Waals surface area contributed by atoms with Gasteiger partial charge >= 0.3 is 0 Å². The Morgan fingerprint density at radius 3 is 2.26 bits per heavy atom. The van der Waals surface area contributed by atoms with Gasteiger partial charge in [0.15, 0.2) is 0 Å². The van der Waals surface area contributed by atoms with Crippen LogP contribution in [0.3, 0.4) is 0 Å². The smallest absolute Gasteiger partial charge is 0.0455 e. The molecule has 1 aliphatic rings. The Morgan fingerprint density at radius 1 is 0.842 bits per heavy atom. The first kappa shape index (κ1) is 12.5. The van der Waals surface area contributed by atoms with Crippen molar-refractivity contribution in [3.63, 3.8) is 0 Å². The lowest BCUT2D eigenvalue weighted by atomic mass is 10.1. The van der Waals surface area contributed by atoms with Crippen molar-refractivity contribution in [2.45, 2.75) is 52.4 Å². The molecular formula is C18H23N. The average molecular weight is 253 g/mol. The van der Waals surface area contributed by atoms with Crippen LogP contribution in [-0.4, -0.2) is 4.57 Å². The molecule has 100 valence electrons. The van der Waals surface area contributed by atoms with E-state index in [4.69, 9.17) is 0 Å². The molecule has 1 aliphatic carbocycles. The van der Waals surface area contributed by atoms with Gasteiger partial charge in [-0.15, -0.1) is 0 Å². The standard InChI is InChI=1S/C18H23N/c1-14-9-11-17(12-10-14)19-15(2)16-7-5-3-4-6-8-18(19)13-16/h9-13H,3-8H2,1-2H3. The monoisotopic (exact) mass is 253 g/mol. The van der Waals surface area contributed by atoms with E-state index in [9.17, 15) is 0 Å². The van der Waals surface area contributed by atoms with Crippen LogP contribution in [0.5, 0.6) is 0 Å². The fourth-order valence-corrected chi connectivity index (χ4v) is 3.19. The molecular weight excluding hydrogens is 230 g/mol. The second-order valence-corrected chi connectivity index (χ2v) is 5.83. The number of aromatic nitrogens is 1. The van der Waals surface area contributed by atoms with Crippen LogP contribution in [0.1, 0.15) is 48.2 Å². The van der Waals surface area contributed by atoms with Gasteiger partial charge in [0.1, 0.15) is 0 Å². The summed E-state index contributed by atoms with van der Waals surface area (Å²) in [6.07, 6.45) is 7.91. The van der Waals surface area contributed by atoms with Crippen LogP contribution in [0.4, 0.5) is 0 Å². The van der Waals surface area contributed by atoms with Crippen molar-refractivity contribution in [3.05, 3.63) is 52.8 Å². The van der Waals surface area contributed by atoms with Crippen LogP contribution in [0.2, 0.25) is 0 Å². The highest BCUT2D eigenvalue weighted by Gasteiger charge is 2.14. The minimum Gasteiger partial charge on any atom is -0.318 e. The van der Waals surface area contributed by atoms with Crippen LogP contribution in [0.15, 0.2) is 30.3 Å². The topological polar surface area (TPSA) is 4.93 Å². The van der Waals surface area contributed by atoms with Crippen LogP contribution >= 0.6 is 0 Å². The number of hydrogen-bond acceptors (Lipinski definition) is 0. The molecule has 1 aromatic heterocycles. The Morgan fingerprint density at radius 2 is 1.53 bits per heavy atom. The Bertz CT molecular complexity index is 560. The Kier molecular flexibility index (Phi) is 3.46. The van der Waals surface area contributed by atoms with Crippen molar-refractivity contribution < 1.29 is 0 Å². The van der Waals surface area contributed by atoms with Crippen molar-refractivity contribution in [1.82, 2.24) is 4.57 Å². The van der Waals surface area contributed by atoms with Crippen LogP contribution < -0.4 is 0 Å². The Hall–Kier alpha value is -1.50. The summed E-state index contributed by atoms with van der Waals surface area (Å²) >= 11 is 0. The number of hydrogen-bond donors (Lipinski definition) is 0. The molecule has 1 heteroatoms. The first-order chi connectivity index (χ1) is 9.25. The average Bonchev–Trinajstić information content (AvgIpc) is 2.78. The van der Waals surface area contributed by atoms with E-state index in [0.717, 1.165) is 0 Å². The summed E-state index contributed by atoms with van der Waals surface area (Å²) in [5, 5.41) is 0. The summed E-state index contributed by atoms with van der Waals surface area (Å²) < 4.78 is 2.47. The maximum Gasteiger partial charge on any atom is 0.0455 e. The van der Waals surface area contributed by atoms with E-state index in [1.165, 1.54) is 61.2 Å². The highest BCUT2D eigenvalue weighted by Crippen LogP contribution is 2.26. The predicted octanol–water partition coefficient (Wildman–Crippen LogP) is 4.75. The van der Waals surface area contributed by atoms with Gasteiger partial charge in [0, 0.05) is 17.1 Å². The number of fused-ring (bicyclic) bond motifs is 2. The molecule has 0 unspecified atom stereocenters. The third-order valence-corrected chi connectivity index (χ3v) is 4.35. The molecule has 0 fully saturated rings. The van der Waals surface area contributed by atoms with Gasteiger partial charge in [0.2, 0.25) is 0 Å². The summed E-state index contributed by atoms with van der Waals surface area (Å²) in [6.45, 7) is 4.43. The lowest BCUT2D eigenvalue weighted by Crippen LogP contribution is -2.03. The summed E-state index contributed by atoms with van der Waals surface area (Å²) in [4.78, 5) is 0. The van der Waals surface area contributed by atoms with E-state index in [-0.39, 0.29) is 0 Å². The highest BCUT2D eigenvalue weighted by atomic mass is 15.0. The van der Waals surface area contributed by atoms with E-state index in [2.05, 4.69) is 48.7 Å². The molecule has 1 heterocycles. The van der Waals surface area contributed by atoms with Gasteiger partial charge in [-0.2, -0.15) is 0 Å². The second-order valence-electron chi connectivity index (χ2n) is 5.83. The molecule has 2 bridgehead atoms. The van der Waals surface area contributed by atoms with Crippen LogP contribution in [0.25, 0.3) is 5.69 Å². The molecule has 0 aliphatic heterocycles. The van der Waals surface area contributed by atoms with E-state index in [0.29, 0.717) is 0 Å². The zero-order valence-electron chi connectivity index (χ0n) is 12.1. The third-order valence-electron chi connectivity index (χ3n) is 4.35. The molecule has 1 aromatic carbocycles. The summed E-state index contributed by atoms with van der Waals surface area (Å²) in [6, 6.07) is 11.4. The van der Waals surface area contributed by atoms with E-state index >= 15 is 0 Å². The minimum atomic E-state index is 1.22. The van der Waals surface area contributed by atoms with Crippen molar-refractivity contribution in [2.24, 2.45) is 0 Å². The molecule has 0 amide bonds. The quantitative estimate of drug-likeness (QED) is 0.691. The van der Waals surface area contributed by atoms with E-state index < -0.39 is 0 Å². The minimum absolute atomic E-state index is 1.22. The molecule has 19 heavy (non-hydrogen) atoms. The van der Waals surface area contributed by atoms with E-state index in [1.807, 2.05) is 0 Å². The second kappa shape index (κ2) is 5.24. The normalized spacial score (nSPS) is 15.7. The number of benzene rings is 1. The first-order valence-electron chi connectivity index (χ1n) is 7.53. The Labute approximate surface area is 116 Å². The van der Waals surface area contributed by atoms with Gasteiger partial charge in [-0.1, -0.05) is 30.5 Å². The summed E-state index contributed by atoms with van der Waals surface area (Å²) in [5.74, 6) is 0. The highest BCUT2D eigenvalue weighted by molar-refractivity contribution is 5.42. The Balaban J connectivity index is 2.07. The number of aryl methyl sites for hydroxylation is 3. The van der Waals surface area contributed by atoms with Crippen LogP contribution in [-0.2, 0) is 12.8 Å². The predicted molar refractivity (Wildman–Crippen MR) is 81.1 cm³/mol. The molecule has 0 saturated carbocycles. The third kappa shape index (κ3) is 2.47. The van der Waals surface area contributed by atoms with Crippen LogP contribution in [0, 0.1) is 13.8 Å². The van der Waals surface area contributed by atoms with Gasteiger partial charge in [0.05, 0.1) is 0 Å². The van der Waals surface area contributed by atoms with E-state index in [1.54, 1.807) is 5.56 Å². The molecule has 1 nitrogen and oxygen atoms in total. The maximum atomic E-state index is 2.47. The lowest BCUT2D eigenvalue weighted by molar-refractivity contribution is 0.630. The SMILES string of the molecule is Cc1ccc(-n2c3cc(c2C)CCCCCC3)cc1. The van der Waals surface area contributed by atoms with Gasteiger partial charge in [-0.3, -0.25) is 0 Å². The summed E-state index contributed by atoms with van der Waals surface area (Å²) in [7, 11) is 0. The number of nitrogens with zero attached hydrogens (tertiary/aromatic N) is 1. The molecule has 0 spiro atoms. The van der Waals surface area contributed by atoms with Crippen molar-refractivity contribution in [1.29, 1.82) is 0 Å². The van der Waals surface area contributed by atoms with Crippen molar-refractivity contribution in [2.75, 3.05) is 0 Å². The van der Waals surface area contributed by atoms with Gasteiger partial charge < -0.3 is 4.57 Å². The van der Waals surface area contributed by atoms with Gasteiger partial charge in [0.25, 0.3) is 0 Å². The molecule has 0 saturated heterocycles. The molecule has 0 N–H and O–H groups in total. The molecule has 3 rings (SSSR count). The molecule has 0 radical (unpaired) electrons. The maximum absolute atomic E-state index is 2.47. The fraction of sp³-hybridized carbons (Fsp3) is 0.444. The van der Waals surface area contributed by atoms with Crippen molar-refractivity contribution in [3.8, 4) is 5.69 Å². The van der Waals surface area contributed by atoms with Crippen molar-refractivity contribution >= 4 is 0 Å². The van der Waals surface area contributed by atoms with Gasteiger partial charge in [-0.25, -0.2) is 0 Å². The first-order valence-corrected chi connectivity index (χ1v) is 7.53. The largest absolute Gasteiger partial charge is 0.318 e. The number of rotatable bonds is 1. The van der Waals surface area contributed by atoms with Gasteiger partial charge in [-0.05, 0) is 63.3 Å².